The van der Waals surface area contributed by atoms with Crippen LogP contribution in [0.15, 0.2) is 36.9 Å². The molecule has 138 valence electrons. The largest absolute Gasteiger partial charge is 0.432 e. The summed E-state index contributed by atoms with van der Waals surface area (Å²) in [5.74, 6) is 0.444. The van der Waals surface area contributed by atoms with Crippen LogP contribution in [0.5, 0.6) is 0 Å². The maximum absolute atomic E-state index is 12.5. The van der Waals surface area contributed by atoms with Crippen LogP contribution < -0.4 is 0 Å². The SMILES string of the molecule is C=CC(C)c1ccc(C(=O)OC2CC(C)(C)C(CC)C(CC)O2)cc1. The van der Waals surface area contributed by atoms with E-state index < -0.39 is 6.29 Å². The summed E-state index contributed by atoms with van der Waals surface area (Å²) in [6, 6.07) is 7.54. The predicted octanol–water partition coefficient (Wildman–Crippen LogP) is 5.71. The van der Waals surface area contributed by atoms with E-state index in [0.717, 1.165) is 24.8 Å². The summed E-state index contributed by atoms with van der Waals surface area (Å²) in [7, 11) is 0. The van der Waals surface area contributed by atoms with Crippen molar-refractivity contribution in [2.75, 3.05) is 0 Å². The van der Waals surface area contributed by atoms with E-state index in [2.05, 4.69) is 41.2 Å². The molecule has 25 heavy (non-hydrogen) atoms. The Hall–Kier alpha value is -1.61. The van der Waals surface area contributed by atoms with Crippen LogP contribution in [0.25, 0.3) is 0 Å². The molecule has 0 radical (unpaired) electrons. The van der Waals surface area contributed by atoms with Crippen LogP contribution in [-0.2, 0) is 9.47 Å². The summed E-state index contributed by atoms with van der Waals surface area (Å²) >= 11 is 0. The molecule has 0 amide bonds. The number of hydrogen-bond acceptors (Lipinski definition) is 3. The highest BCUT2D eigenvalue weighted by Gasteiger charge is 2.43. The molecule has 0 N–H and O–H groups in total. The first kappa shape index (κ1) is 19.7. The van der Waals surface area contributed by atoms with Crippen molar-refractivity contribution in [2.24, 2.45) is 11.3 Å². The average Bonchev–Trinajstić information content (AvgIpc) is 2.59. The van der Waals surface area contributed by atoms with Crippen LogP contribution in [0.3, 0.4) is 0 Å². The van der Waals surface area contributed by atoms with Gasteiger partial charge < -0.3 is 9.47 Å². The first-order chi connectivity index (χ1) is 11.8. The van der Waals surface area contributed by atoms with Gasteiger partial charge in [-0.15, -0.1) is 6.58 Å². The molecule has 4 atom stereocenters. The van der Waals surface area contributed by atoms with E-state index in [1.807, 2.05) is 30.3 Å². The molecule has 3 nitrogen and oxygen atoms in total. The number of esters is 1. The highest BCUT2D eigenvalue weighted by Crippen LogP contribution is 2.44. The summed E-state index contributed by atoms with van der Waals surface area (Å²) < 4.78 is 11.8. The van der Waals surface area contributed by atoms with E-state index in [1.165, 1.54) is 0 Å². The third kappa shape index (κ3) is 4.52. The number of ether oxygens (including phenoxy) is 2. The van der Waals surface area contributed by atoms with E-state index >= 15 is 0 Å². The van der Waals surface area contributed by atoms with Crippen LogP contribution in [0.2, 0.25) is 0 Å². The van der Waals surface area contributed by atoms with Gasteiger partial charge in [0.05, 0.1) is 11.7 Å². The summed E-state index contributed by atoms with van der Waals surface area (Å²) in [4.78, 5) is 12.5. The third-order valence-corrected chi connectivity index (χ3v) is 5.58. The molecule has 0 aromatic heterocycles. The molecule has 1 aliphatic heterocycles. The fourth-order valence-electron chi connectivity index (χ4n) is 3.93. The van der Waals surface area contributed by atoms with Gasteiger partial charge in [0.15, 0.2) is 0 Å². The molecule has 2 rings (SSSR count). The van der Waals surface area contributed by atoms with Gasteiger partial charge in [-0.25, -0.2) is 4.79 Å². The number of benzene rings is 1. The summed E-state index contributed by atoms with van der Waals surface area (Å²) in [5.41, 5.74) is 1.80. The second-order valence-corrected chi connectivity index (χ2v) is 7.77. The zero-order chi connectivity index (χ0) is 18.6. The Kier molecular flexibility index (Phi) is 6.45. The summed E-state index contributed by atoms with van der Waals surface area (Å²) in [5, 5.41) is 0. The monoisotopic (exact) mass is 344 g/mol. The van der Waals surface area contributed by atoms with Gasteiger partial charge in [-0.2, -0.15) is 0 Å². The molecule has 1 aromatic carbocycles. The topological polar surface area (TPSA) is 35.5 Å². The van der Waals surface area contributed by atoms with Gasteiger partial charge in [-0.05, 0) is 41.4 Å². The summed E-state index contributed by atoms with van der Waals surface area (Å²) in [6.07, 6.45) is 4.31. The number of rotatable bonds is 6. The number of carbonyl (C=O) groups excluding carboxylic acids is 1. The normalized spacial score (nSPS) is 26.7. The highest BCUT2D eigenvalue weighted by molar-refractivity contribution is 5.89. The lowest BCUT2D eigenvalue weighted by atomic mass is 9.69. The smallest absolute Gasteiger partial charge is 0.340 e. The molecular formula is C22H32O3. The van der Waals surface area contributed by atoms with Crippen molar-refractivity contribution in [1.82, 2.24) is 0 Å². The fraction of sp³-hybridized carbons (Fsp3) is 0.591. The number of carbonyl (C=O) groups is 1. The van der Waals surface area contributed by atoms with E-state index in [9.17, 15) is 4.79 Å². The fourth-order valence-corrected chi connectivity index (χ4v) is 3.93. The van der Waals surface area contributed by atoms with Crippen LogP contribution in [0.1, 0.15) is 75.7 Å². The Morgan fingerprint density at radius 1 is 1.32 bits per heavy atom. The van der Waals surface area contributed by atoms with Crippen molar-refractivity contribution in [3.05, 3.63) is 48.0 Å². The molecular weight excluding hydrogens is 312 g/mol. The molecule has 1 aliphatic rings. The summed E-state index contributed by atoms with van der Waals surface area (Å²) in [6.45, 7) is 14.7. The minimum atomic E-state index is -0.470. The Bertz CT molecular complexity index is 588. The Balaban J connectivity index is 2.06. The molecule has 0 spiro atoms. The Morgan fingerprint density at radius 3 is 2.48 bits per heavy atom. The maximum atomic E-state index is 12.5. The molecule has 0 aliphatic carbocycles. The van der Waals surface area contributed by atoms with E-state index in [4.69, 9.17) is 9.47 Å². The van der Waals surface area contributed by atoms with Crippen molar-refractivity contribution in [3.8, 4) is 0 Å². The lowest BCUT2D eigenvalue weighted by Gasteiger charge is -2.46. The van der Waals surface area contributed by atoms with E-state index in [1.54, 1.807) is 0 Å². The van der Waals surface area contributed by atoms with Crippen molar-refractivity contribution in [3.63, 3.8) is 0 Å². The van der Waals surface area contributed by atoms with Gasteiger partial charge in [-0.3, -0.25) is 0 Å². The zero-order valence-electron chi connectivity index (χ0n) is 16.2. The number of allylic oxidation sites excluding steroid dienone is 1. The van der Waals surface area contributed by atoms with E-state index in [0.29, 0.717) is 11.5 Å². The zero-order valence-corrected chi connectivity index (χ0v) is 16.2. The third-order valence-electron chi connectivity index (χ3n) is 5.58. The molecule has 3 heteroatoms. The van der Waals surface area contributed by atoms with Gasteiger partial charge >= 0.3 is 5.97 Å². The number of hydrogen-bond donors (Lipinski definition) is 0. The molecule has 1 heterocycles. The first-order valence-corrected chi connectivity index (χ1v) is 9.41. The first-order valence-electron chi connectivity index (χ1n) is 9.41. The van der Waals surface area contributed by atoms with Gasteiger partial charge in [0.2, 0.25) is 6.29 Å². The second kappa shape index (κ2) is 8.18. The van der Waals surface area contributed by atoms with Crippen LogP contribution in [0, 0.1) is 11.3 Å². The highest BCUT2D eigenvalue weighted by atomic mass is 16.7. The maximum Gasteiger partial charge on any atom is 0.340 e. The quantitative estimate of drug-likeness (QED) is 0.490. The second-order valence-electron chi connectivity index (χ2n) is 7.77. The minimum Gasteiger partial charge on any atom is -0.432 e. The van der Waals surface area contributed by atoms with Crippen LogP contribution >= 0.6 is 0 Å². The minimum absolute atomic E-state index is 0.0991. The van der Waals surface area contributed by atoms with Crippen molar-refractivity contribution >= 4 is 5.97 Å². The van der Waals surface area contributed by atoms with Gasteiger partial charge in [-0.1, -0.05) is 59.2 Å². The Labute approximate surface area is 152 Å². The van der Waals surface area contributed by atoms with Crippen molar-refractivity contribution in [1.29, 1.82) is 0 Å². The molecule has 0 bridgehead atoms. The molecule has 4 unspecified atom stereocenters. The predicted molar refractivity (Wildman–Crippen MR) is 102 cm³/mol. The van der Waals surface area contributed by atoms with Gasteiger partial charge in [0.1, 0.15) is 0 Å². The van der Waals surface area contributed by atoms with Crippen LogP contribution in [0.4, 0.5) is 0 Å². The standard InChI is InChI=1S/C22H32O3/c1-7-15(4)16-10-12-17(13-11-16)21(23)25-20-14-22(5,6)18(8-2)19(9-3)24-20/h7,10-13,15,18-20H,1,8-9,14H2,2-6H3. The molecule has 0 saturated carbocycles. The van der Waals surface area contributed by atoms with Crippen molar-refractivity contribution < 1.29 is 14.3 Å². The van der Waals surface area contributed by atoms with Gasteiger partial charge in [0.25, 0.3) is 0 Å². The van der Waals surface area contributed by atoms with Crippen LogP contribution in [-0.4, -0.2) is 18.4 Å². The molecule has 1 fully saturated rings. The average molecular weight is 344 g/mol. The van der Waals surface area contributed by atoms with E-state index in [-0.39, 0.29) is 23.4 Å². The van der Waals surface area contributed by atoms with Gasteiger partial charge in [0, 0.05) is 6.42 Å². The van der Waals surface area contributed by atoms with Crippen molar-refractivity contribution in [2.45, 2.75) is 72.2 Å². The lowest BCUT2D eigenvalue weighted by Crippen LogP contribution is -2.46. The molecule has 1 aromatic rings. The lowest BCUT2D eigenvalue weighted by molar-refractivity contribution is -0.220. The molecule has 1 saturated heterocycles. The Morgan fingerprint density at radius 2 is 1.96 bits per heavy atom.